The predicted octanol–water partition coefficient (Wildman–Crippen LogP) is 6.41. The number of hydrogen-bond donors (Lipinski definition) is 0. The molecule has 5 rings (SSSR count). The number of carbonyl (C=O) groups is 1. The van der Waals surface area contributed by atoms with Gasteiger partial charge >= 0.3 is 0 Å². The normalized spacial score (nSPS) is 15.1. The van der Waals surface area contributed by atoms with E-state index in [2.05, 4.69) is 0 Å². The van der Waals surface area contributed by atoms with Gasteiger partial charge in [0.25, 0.3) is 11.6 Å². The number of nitrogens with zero attached hydrogens (tertiary/aromatic N) is 2. The van der Waals surface area contributed by atoms with Crippen molar-refractivity contribution < 1.29 is 14.1 Å². The molecular weight excluding hydrogens is 444 g/mol. The van der Waals surface area contributed by atoms with Crippen LogP contribution in [0.1, 0.15) is 5.76 Å². The SMILES string of the molecule is O=C1/C(=C\c2ccc(-c3ccc([N+](=O)[O-])cc3)o2)SC(=S)N1c1cccc2ccccc12. The summed E-state index contributed by atoms with van der Waals surface area (Å²) in [4.78, 5) is 25.6. The molecule has 1 aromatic heterocycles. The lowest BCUT2D eigenvalue weighted by atomic mass is 10.1. The lowest BCUT2D eigenvalue weighted by Gasteiger charge is -2.17. The Labute approximate surface area is 192 Å². The summed E-state index contributed by atoms with van der Waals surface area (Å²) in [5, 5.41) is 12.8. The molecule has 1 fully saturated rings. The van der Waals surface area contributed by atoms with E-state index in [9.17, 15) is 14.9 Å². The molecule has 1 aliphatic heterocycles. The van der Waals surface area contributed by atoms with Gasteiger partial charge in [-0.25, -0.2) is 0 Å². The van der Waals surface area contributed by atoms with Crippen molar-refractivity contribution >= 4 is 62.4 Å². The van der Waals surface area contributed by atoms with Crippen LogP contribution in [0.3, 0.4) is 0 Å². The van der Waals surface area contributed by atoms with Gasteiger partial charge in [-0.1, -0.05) is 60.4 Å². The summed E-state index contributed by atoms with van der Waals surface area (Å²) >= 11 is 6.74. The number of furan rings is 1. The topological polar surface area (TPSA) is 76.6 Å². The van der Waals surface area contributed by atoms with Crippen LogP contribution in [0.15, 0.2) is 88.2 Å². The van der Waals surface area contributed by atoms with E-state index in [4.69, 9.17) is 16.6 Å². The number of anilines is 1. The standard InChI is InChI=1S/C24H14N2O4S2/c27-23-22(14-18-12-13-21(30-18)16-8-10-17(11-9-16)26(28)29)32-24(31)25(23)20-7-3-5-15-4-1-2-6-19(15)20/h1-14H/b22-14+. The van der Waals surface area contributed by atoms with E-state index in [1.165, 1.54) is 23.9 Å². The van der Waals surface area contributed by atoms with Crippen molar-refractivity contribution in [3.63, 3.8) is 0 Å². The van der Waals surface area contributed by atoms with Crippen LogP contribution < -0.4 is 4.90 Å². The average molecular weight is 459 g/mol. The van der Waals surface area contributed by atoms with E-state index < -0.39 is 4.92 Å². The molecule has 2 heterocycles. The van der Waals surface area contributed by atoms with Gasteiger partial charge in [-0.05, 0) is 35.7 Å². The Bertz CT molecular complexity index is 1420. The van der Waals surface area contributed by atoms with Crippen LogP contribution >= 0.6 is 24.0 Å². The molecule has 0 aliphatic carbocycles. The van der Waals surface area contributed by atoms with Crippen molar-refractivity contribution in [1.29, 1.82) is 0 Å². The molecule has 8 heteroatoms. The molecule has 0 unspecified atom stereocenters. The zero-order chi connectivity index (χ0) is 22.2. The van der Waals surface area contributed by atoms with Crippen molar-refractivity contribution in [2.45, 2.75) is 0 Å². The minimum atomic E-state index is -0.449. The number of amides is 1. The van der Waals surface area contributed by atoms with Crippen LogP contribution in [0.5, 0.6) is 0 Å². The number of thiocarbonyl (C=S) groups is 1. The lowest BCUT2D eigenvalue weighted by Crippen LogP contribution is -2.27. The number of hydrogen-bond acceptors (Lipinski definition) is 6. The van der Waals surface area contributed by atoms with Gasteiger partial charge in [-0.15, -0.1) is 0 Å². The monoisotopic (exact) mass is 458 g/mol. The van der Waals surface area contributed by atoms with Crippen molar-refractivity contribution in [3.8, 4) is 11.3 Å². The Kier molecular flexibility index (Phi) is 5.08. The molecule has 0 saturated carbocycles. The third kappa shape index (κ3) is 3.59. The smallest absolute Gasteiger partial charge is 0.270 e. The van der Waals surface area contributed by atoms with Gasteiger partial charge in [0.15, 0.2) is 4.32 Å². The second-order valence-electron chi connectivity index (χ2n) is 7.02. The average Bonchev–Trinajstić information content (AvgIpc) is 3.38. The summed E-state index contributed by atoms with van der Waals surface area (Å²) in [6, 6.07) is 23.2. The van der Waals surface area contributed by atoms with Crippen molar-refractivity contribution in [3.05, 3.63) is 99.6 Å². The first kappa shape index (κ1) is 20.2. The Morgan fingerprint density at radius 2 is 1.72 bits per heavy atom. The maximum atomic E-state index is 13.2. The summed E-state index contributed by atoms with van der Waals surface area (Å²) < 4.78 is 6.31. The van der Waals surface area contributed by atoms with Gasteiger partial charge < -0.3 is 4.42 Å². The molecule has 156 valence electrons. The largest absolute Gasteiger partial charge is 0.457 e. The molecule has 3 aromatic carbocycles. The van der Waals surface area contributed by atoms with E-state index in [0.29, 0.717) is 26.3 Å². The quantitative estimate of drug-likeness (QED) is 0.152. The van der Waals surface area contributed by atoms with E-state index in [1.54, 1.807) is 35.2 Å². The second kappa shape index (κ2) is 8.07. The third-order valence-electron chi connectivity index (χ3n) is 5.06. The Hall–Kier alpha value is -3.75. The number of nitro groups is 1. The number of thioether (sulfide) groups is 1. The Morgan fingerprint density at radius 3 is 2.50 bits per heavy atom. The summed E-state index contributed by atoms with van der Waals surface area (Å²) in [6.45, 7) is 0. The van der Waals surface area contributed by atoms with Crippen molar-refractivity contribution in [1.82, 2.24) is 0 Å². The van der Waals surface area contributed by atoms with Crippen LogP contribution in [0.2, 0.25) is 0 Å². The third-order valence-corrected chi connectivity index (χ3v) is 6.37. The van der Waals surface area contributed by atoms with Crippen molar-refractivity contribution in [2.75, 3.05) is 4.90 Å². The molecule has 1 saturated heterocycles. The van der Waals surface area contributed by atoms with Gasteiger partial charge in [0.05, 0.1) is 15.5 Å². The zero-order valence-electron chi connectivity index (χ0n) is 16.4. The summed E-state index contributed by atoms with van der Waals surface area (Å²) in [5.74, 6) is 0.845. The fourth-order valence-corrected chi connectivity index (χ4v) is 4.81. The molecule has 0 radical (unpaired) electrons. The fraction of sp³-hybridized carbons (Fsp3) is 0. The van der Waals surface area contributed by atoms with Gasteiger partial charge in [0.2, 0.25) is 0 Å². The minimum Gasteiger partial charge on any atom is -0.457 e. The zero-order valence-corrected chi connectivity index (χ0v) is 18.1. The molecule has 0 spiro atoms. The van der Waals surface area contributed by atoms with Crippen molar-refractivity contribution in [2.24, 2.45) is 0 Å². The number of rotatable bonds is 4. The summed E-state index contributed by atoms with van der Waals surface area (Å²) in [5.41, 5.74) is 1.47. The molecule has 4 aromatic rings. The highest BCUT2D eigenvalue weighted by Crippen LogP contribution is 2.39. The molecule has 0 N–H and O–H groups in total. The lowest BCUT2D eigenvalue weighted by molar-refractivity contribution is -0.384. The van der Waals surface area contributed by atoms with Crippen LogP contribution in [0.4, 0.5) is 11.4 Å². The van der Waals surface area contributed by atoms with E-state index >= 15 is 0 Å². The minimum absolute atomic E-state index is 0.0117. The van der Waals surface area contributed by atoms with Gasteiger partial charge in [0, 0.05) is 29.2 Å². The number of non-ortho nitro benzene ring substituents is 1. The first-order valence-electron chi connectivity index (χ1n) is 9.62. The first-order valence-corrected chi connectivity index (χ1v) is 10.8. The number of fused-ring (bicyclic) bond motifs is 1. The van der Waals surface area contributed by atoms with E-state index in [0.717, 1.165) is 16.5 Å². The van der Waals surface area contributed by atoms with Crippen LogP contribution in [0.25, 0.3) is 28.2 Å². The number of carbonyl (C=O) groups excluding carboxylic acids is 1. The molecule has 6 nitrogen and oxygen atoms in total. The van der Waals surface area contributed by atoms with Gasteiger partial charge in [-0.2, -0.15) is 0 Å². The highest BCUT2D eigenvalue weighted by atomic mass is 32.2. The van der Waals surface area contributed by atoms with E-state index in [-0.39, 0.29) is 11.6 Å². The van der Waals surface area contributed by atoms with Gasteiger partial charge in [-0.3, -0.25) is 19.8 Å². The Morgan fingerprint density at radius 1 is 0.969 bits per heavy atom. The summed E-state index contributed by atoms with van der Waals surface area (Å²) in [6.07, 6.45) is 1.67. The maximum Gasteiger partial charge on any atom is 0.270 e. The first-order chi connectivity index (χ1) is 15.5. The molecule has 0 atom stereocenters. The molecular formula is C24H14N2O4S2. The maximum absolute atomic E-state index is 13.2. The van der Waals surface area contributed by atoms with Crippen LogP contribution in [0, 0.1) is 10.1 Å². The number of benzene rings is 3. The van der Waals surface area contributed by atoms with Crippen LogP contribution in [-0.4, -0.2) is 15.2 Å². The molecule has 0 bridgehead atoms. The number of nitro benzene ring substituents is 1. The molecule has 1 amide bonds. The fourth-order valence-electron chi connectivity index (χ4n) is 3.54. The van der Waals surface area contributed by atoms with E-state index in [1.807, 2.05) is 42.5 Å². The highest BCUT2D eigenvalue weighted by molar-refractivity contribution is 8.27. The van der Waals surface area contributed by atoms with Gasteiger partial charge in [0.1, 0.15) is 11.5 Å². The molecule has 32 heavy (non-hydrogen) atoms. The Balaban J connectivity index is 1.44. The summed E-state index contributed by atoms with van der Waals surface area (Å²) in [7, 11) is 0. The predicted molar refractivity (Wildman–Crippen MR) is 130 cm³/mol. The second-order valence-corrected chi connectivity index (χ2v) is 8.70. The highest BCUT2D eigenvalue weighted by Gasteiger charge is 2.34. The molecule has 1 aliphatic rings. The van der Waals surface area contributed by atoms with Crippen LogP contribution in [-0.2, 0) is 4.79 Å².